The Bertz CT molecular complexity index is 602. The van der Waals surface area contributed by atoms with Crippen LogP contribution < -0.4 is 5.36 Å². The molecule has 0 aliphatic rings. The summed E-state index contributed by atoms with van der Waals surface area (Å²) in [6, 6.07) is 7.30. The number of benzene rings is 1. The fraction of sp³-hybridized carbons (Fsp3) is 0. The summed E-state index contributed by atoms with van der Waals surface area (Å²) in [6.07, 6.45) is 3.87. The van der Waals surface area contributed by atoms with Crippen molar-refractivity contribution in [3.63, 3.8) is 0 Å². The van der Waals surface area contributed by atoms with E-state index in [1.165, 1.54) is 24.5 Å². The summed E-state index contributed by atoms with van der Waals surface area (Å²) in [6.45, 7) is 0. The van der Waals surface area contributed by atoms with Crippen LogP contribution in [0.4, 0.5) is 10.1 Å². The number of hydrogen-bond donors (Lipinski definition) is 2. The highest BCUT2D eigenvalue weighted by Crippen LogP contribution is 2.10. The predicted octanol–water partition coefficient (Wildman–Crippen LogP) is 2.09. The van der Waals surface area contributed by atoms with Crippen molar-refractivity contribution in [3.8, 4) is 0 Å². The van der Waals surface area contributed by atoms with Crippen molar-refractivity contribution < 1.29 is 9.60 Å². The van der Waals surface area contributed by atoms with Crippen LogP contribution >= 0.6 is 0 Å². The van der Waals surface area contributed by atoms with Crippen molar-refractivity contribution in [1.82, 2.24) is 4.73 Å². The minimum Gasteiger partial charge on any atom is -0.429 e. The molecule has 1 aromatic carbocycles. The Morgan fingerprint density at radius 2 is 1.94 bits per heavy atom. The summed E-state index contributed by atoms with van der Waals surface area (Å²) in [5.41, 5.74) is 1.06. The third-order valence-electron chi connectivity index (χ3n) is 2.18. The van der Waals surface area contributed by atoms with Crippen LogP contribution in [0.5, 0.6) is 0 Å². The molecule has 1 aromatic heterocycles. The SMILES string of the molecule is N=Cc1cn(O)ccc1=Nc1ccc(F)cc1. The number of pyridine rings is 1. The van der Waals surface area contributed by atoms with Gasteiger partial charge in [-0.3, -0.25) is 0 Å². The molecule has 0 bridgehead atoms. The average Bonchev–Trinajstić information content (AvgIpc) is 2.34. The van der Waals surface area contributed by atoms with Crippen LogP contribution in [0.3, 0.4) is 0 Å². The molecule has 0 atom stereocenters. The lowest BCUT2D eigenvalue weighted by Gasteiger charge is -1.99. The van der Waals surface area contributed by atoms with Crippen molar-refractivity contribution in [2.24, 2.45) is 4.99 Å². The summed E-state index contributed by atoms with van der Waals surface area (Å²) >= 11 is 0. The van der Waals surface area contributed by atoms with Crippen molar-refractivity contribution in [3.05, 3.63) is 59.5 Å². The van der Waals surface area contributed by atoms with E-state index < -0.39 is 0 Å². The van der Waals surface area contributed by atoms with Gasteiger partial charge in [0.05, 0.1) is 17.2 Å². The standard InChI is InChI=1S/C12H10FN3O/c13-10-1-3-11(4-2-10)15-12-5-6-16(17)8-9(12)7-14/h1-8,14,17H. The van der Waals surface area contributed by atoms with Crippen LogP contribution in [0.25, 0.3) is 0 Å². The average molecular weight is 231 g/mol. The van der Waals surface area contributed by atoms with Crippen LogP contribution in [-0.4, -0.2) is 16.2 Å². The maximum atomic E-state index is 12.7. The Morgan fingerprint density at radius 3 is 2.59 bits per heavy atom. The van der Waals surface area contributed by atoms with Gasteiger partial charge in [-0.25, -0.2) is 14.1 Å². The van der Waals surface area contributed by atoms with E-state index in [0.717, 1.165) is 10.9 Å². The number of hydrogen-bond acceptors (Lipinski definition) is 3. The van der Waals surface area contributed by atoms with E-state index in [9.17, 15) is 9.60 Å². The molecule has 4 nitrogen and oxygen atoms in total. The number of halogens is 1. The third-order valence-corrected chi connectivity index (χ3v) is 2.18. The molecule has 0 saturated carbocycles. The van der Waals surface area contributed by atoms with Gasteiger partial charge in [0.15, 0.2) is 0 Å². The Hall–Kier alpha value is -2.43. The van der Waals surface area contributed by atoms with Crippen LogP contribution in [-0.2, 0) is 0 Å². The minimum atomic E-state index is -0.322. The van der Waals surface area contributed by atoms with Gasteiger partial charge in [-0.1, -0.05) is 0 Å². The molecule has 2 N–H and O–H groups in total. The second kappa shape index (κ2) is 4.61. The zero-order chi connectivity index (χ0) is 12.3. The second-order valence-electron chi connectivity index (χ2n) is 3.40. The summed E-state index contributed by atoms with van der Waals surface area (Å²) < 4.78 is 13.6. The van der Waals surface area contributed by atoms with Gasteiger partial charge in [-0.2, -0.15) is 0 Å². The van der Waals surface area contributed by atoms with Crippen LogP contribution in [0, 0.1) is 11.2 Å². The quantitative estimate of drug-likeness (QED) is 0.603. The zero-order valence-electron chi connectivity index (χ0n) is 8.84. The molecule has 17 heavy (non-hydrogen) atoms. The first-order chi connectivity index (χ1) is 8.19. The molecule has 0 aliphatic heterocycles. The van der Waals surface area contributed by atoms with Gasteiger partial charge in [-0.05, 0) is 30.3 Å². The summed E-state index contributed by atoms with van der Waals surface area (Å²) in [4.78, 5) is 4.25. The topological polar surface area (TPSA) is 61.4 Å². The van der Waals surface area contributed by atoms with Crippen LogP contribution in [0.2, 0.25) is 0 Å². The highest BCUT2D eigenvalue weighted by molar-refractivity contribution is 5.76. The molecule has 2 rings (SSSR count). The van der Waals surface area contributed by atoms with Crippen molar-refractivity contribution in [2.45, 2.75) is 0 Å². The lowest BCUT2D eigenvalue weighted by atomic mass is 10.2. The first-order valence-electron chi connectivity index (χ1n) is 4.91. The molecule has 86 valence electrons. The summed E-state index contributed by atoms with van der Waals surface area (Å²) in [5.74, 6) is -0.322. The van der Waals surface area contributed by atoms with E-state index in [2.05, 4.69) is 4.99 Å². The molecule has 0 fully saturated rings. The molecule has 0 radical (unpaired) electrons. The van der Waals surface area contributed by atoms with Gasteiger partial charge >= 0.3 is 0 Å². The maximum absolute atomic E-state index is 12.7. The van der Waals surface area contributed by atoms with Crippen LogP contribution in [0.1, 0.15) is 5.56 Å². The number of nitrogens with zero attached hydrogens (tertiary/aromatic N) is 2. The molecule has 0 aliphatic carbocycles. The highest BCUT2D eigenvalue weighted by Gasteiger charge is 1.96. The molecule has 0 saturated heterocycles. The van der Waals surface area contributed by atoms with E-state index in [1.54, 1.807) is 18.2 Å². The van der Waals surface area contributed by atoms with E-state index in [-0.39, 0.29) is 5.82 Å². The van der Waals surface area contributed by atoms with Gasteiger partial charge in [0.2, 0.25) is 0 Å². The number of nitrogens with one attached hydrogen (secondary N) is 1. The molecule has 2 aromatic rings. The maximum Gasteiger partial charge on any atom is 0.123 e. The van der Waals surface area contributed by atoms with E-state index in [0.29, 0.717) is 16.6 Å². The fourth-order valence-electron chi connectivity index (χ4n) is 1.36. The third kappa shape index (κ3) is 2.57. The highest BCUT2D eigenvalue weighted by atomic mass is 19.1. The monoisotopic (exact) mass is 231 g/mol. The van der Waals surface area contributed by atoms with Gasteiger partial charge in [-0.15, -0.1) is 0 Å². The number of rotatable bonds is 2. The van der Waals surface area contributed by atoms with Gasteiger partial charge in [0.1, 0.15) is 5.82 Å². The minimum absolute atomic E-state index is 0.322. The number of aromatic nitrogens is 1. The second-order valence-corrected chi connectivity index (χ2v) is 3.40. The summed E-state index contributed by atoms with van der Waals surface area (Å²) in [5, 5.41) is 16.9. The first-order valence-corrected chi connectivity index (χ1v) is 4.91. The van der Waals surface area contributed by atoms with Crippen molar-refractivity contribution in [2.75, 3.05) is 0 Å². The van der Waals surface area contributed by atoms with Gasteiger partial charge in [0.25, 0.3) is 0 Å². The molecule has 1 heterocycles. The van der Waals surface area contributed by atoms with E-state index >= 15 is 0 Å². The van der Waals surface area contributed by atoms with Gasteiger partial charge < -0.3 is 10.6 Å². The molecule has 0 spiro atoms. The molecule has 0 unspecified atom stereocenters. The smallest absolute Gasteiger partial charge is 0.123 e. The largest absolute Gasteiger partial charge is 0.429 e. The van der Waals surface area contributed by atoms with Crippen molar-refractivity contribution in [1.29, 1.82) is 5.41 Å². The zero-order valence-corrected chi connectivity index (χ0v) is 8.84. The predicted molar refractivity (Wildman–Crippen MR) is 61.1 cm³/mol. The molecular formula is C12H10FN3O. The Balaban J connectivity index is 2.52. The van der Waals surface area contributed by atoms with E-state index in [4.69, 9.17) is 5.41 Å². The van der Waals surface area contributed by atoms with E-state index in [1.807, 2.05) is 0 Å². The lowest BCUT2D eigenvalue weighted by Crippen LogP contribution is -2.11. The normalized spacial score (nSPS) is 11.5. The molecule has 0 amide bonds. The Labute approximate surface area is 96.8 Å². The van der Waals surface area contributed by atoms with Crippen molar-refractivity contribution >= 4 is 11.9 Å². The Kier molecular flexibility index (Phi) is 3.00. The fourth-order valence-corrected chi connectivity index (χ4v) is 1.36. The molecular weight excluding hydrogens is 221 g/mol. The lowest BCUT2D eigenvalue weighted by molar-refractivity contribution is 0.184. The van der Waals surface area contributed by atoms with Crippen LogP contribution in [0.15, 0.2) is 47.7 Å². The molecule has 5 heteroatoms. The van der Waals surface area contributed by atoms with Gasteiger partial charge in [0, 0.05) is 18.0 Å². The summed E-state index contributed by atoms with van der Waals surface area (Å²) in [7, 11) is 0. The first kappa shape index (κ1) is 11.1. The Morgan fingerprint density at radius 1 is 1.24 bits per heavy atom.